The van der Waals surface area contributed by atoms with Crippen molar-refractivity contribution in [2.24, 2.45) is 0 Å². The molecule has 0 aliphatic heterocycles. The zero-order valence-corrected chi connectivity index (χ0v) is 13.6. The first kappa shape index (κ1) is 15.6. The molecule has 2 aromatic rings. The summed E-state index contributed by atoms with van der Waals surface area (Å²) in [6.45, 7) is 1.11. The second-order valence-electron chi connectivity index (χ2n) is 5.55. The van der Waals surface area contributed by atoms with Crippen LogP contribution in [0.3, 0.4) is 0 Å². The molecule has 2 rings (SSSR count). The Balaban J connectivity index is 2.12. The van der Waals surface area contributed by atoms with E-state index in [-0.39, 0.29) is 11.7 Å². The highest BCUT2D eigenvalue weighted by Gasteiger charge is 2.11. The smallest absolute Gasteiger partial charge is 0.126 e. The van der Waals surface area contributed by atoms with Crippen LogP contribution in [0.15, 0.2) is 18.2 Å². The highest BCUT2D eigenvalue weighted by molar-refractivity contribution is 8.32. The van der Waals surface area contributed by atoms with Gasteiger partial charge >= 0.3 is 0 Å². The van der Waals surface area contributed by atoms with Crippen LogP contribution in [0.4, 0.5) is 4.39 Å². The number of alkyl halides is 1. The zero-order valence-electron chi connectivity index (χ0n) is 12.0. The molecule has 0 N–H and O–H groups in total. The van der Waals surface area contributed by atoms with Crippen molar-refractivity contribution in [3.63, 3.8) is 0 Å². The number of hydrogen-bond acceptors (Lipinski definition) is 2. The topological polar surface area (TPSA) is 27.1 Å². The average molecular weight is 319 g/mol. The molecule has 0 saturated heterocycles. The van der Waals surface area contributed by atoms with Crippen LogP contribution < -0.4 is 0 Å². The second-order valence-corrected chi connectivity index (χ2v) is 10.4. The van der Waals surface area contributed by atoms with Crippen LogP contribution >= 0.6 is 21.6 Å². The van der Waals surface area contributed by atoms with Crippen LogP contribution in [-0.2, 0) is 17.3 Å². The van der Waals surface area contributed by atoms with Crippen molar-refractivity contribution in [1.82, 2.24) is 9.55 Å². The van der Waals surface area contributed by atoms with E-state index in [4.69, 9.17) is 16.3 Å². The lowest BCUT2D eigenvalue weighted by atomic mass is 10.3. The number of rotatable bonds is 6. The molecule has 0 aliphatic rings. The minimum atomic E-state index is -0.555. The van der Waals surface area contributed by atoms with Gasteiger partial charge in [-0.1, -0.05) is 0 Å². The fraction of sp³-hybridized carbons (Fsp3) is 0.500. The summed E-state index contributed by atoms with van der Waals surface area (Å²) in [6.07, 6.45) is 6.78. The lowest BCUT2D eigenvalue weighted by Crippen LogP contribution is -2.11. The summed E-state index contributed by atoms with van der Waals surface area (Å²) < 4.78 is 20.8. The predicted molar refractivity (Wildman–Crippen MR) is 85.4 cm³/mol. The van der Waals surface area contributed by atoms with Gasteiger partial charge in [-0.25, -0.2) is 19.4 Å². The number of hydrogen-bond donors (Lipinski definition) is 0. The standard InChI is InChI=1S/C14H20ClFN2OS/c1-20(2,3)7-6-19-10-18-13-5-4-11(16)8-12(13)17-14(18)9-15/h4-5,8H,6-7,9-10H2,1-3H3. The maximum atomic E-state index is 13.2. The minimum Gasteiger partial charge on any atom is -0.360 e. The van der Waals surface area contributed by atoms with Crippen molar-refractivity contribution in [2.45, 2.75) is 12.6 Å². The number of nitrogens with zero attached hydrogens (tertiary/aromatic N) is 2. The summed E-state index contributed by atoms with van der Waals surface area (Å²) in [5.74, 6) is 1.75. The van der Waals surface area contributed by atoms with Crippen molar-refractivity contribution in [3.8, 4) is 0 Å². The van der Waals surface area contributed by atoms with Gasteiger partial charge in [0.05, 0.1) is 23.5 Å². The van der Waals surface area contributed by atoms with E-state index in [0.29, 0.717) is 24.7 Å². The quantitative estimate of drug-likeness (QED) is 0.601. The van der Waals surface area contributed by atoms with Gasteiger partial charge in [0.1, 0.15) is 18.4 Å². The molecule has 0 saturated carbocycles. The monoisotopic (exact) mass is 318 g/mol. The summed E-state index contributed by atoms with van der Waals surface area (Å²) in [5.41, 5.74) is 1.47. The molecular weight excluding hydrogens is 299 g/mol. The van der Waals surface area contributed by atoms with Gasteiger partial charge in [-0.15, -0.1) is 11.6 Å². The maximum absolute atomic E-state index is 13.2. The third-order valence-corrected chi connectivity index (χ3v) is 4.60. The van der Waals surface area contributed by atoms with E-state index in [2.05, 4.69) is 23.8 Å². The molecule has 1 heterocycles. The normalized spacial score (nSPS) is 13.1. The van der Waals surface area contributed by atoms with Gasteiger partial charge in [0.2, 0.25) is 0 Å². The second kappa shape index (κ2) is 6.33. The van der Waals surface area contributed by atoms with Gasteiger partial charge in [-0.05, 0) is 30.9 Å². The highest BCUT2D eigenvalue weighted by atomic mass is 35.5. The van der Waals surface area contributed by atoms with Gasteiger partial charge in [-0.3, -0.25) is 0 Å². The molecule has 0 radical (unpaired) electrons. The maximum Gasteiger partial charge on any atom is 0.126 e. The molecule has 6 heteroatoms. The lowest BCUT2D eigenvalue weighted by Gasteiger charge is -2.24. The van der Waals surface area contributed by atoms with E-state index < -0.39 is 10.0 Å². The Morgan fingerprint density at radius 1 is 1.35 bits per heavy atom. The van der Waals surface area contributed by atoms with Crippen molar-refractivity contribution in [3.05, 3.63) is 29.8 Å². The van der Waals surface area contributed by atoms with E-state index >= 15 is 0 Å². The van der Waals surface area contributed by atoms with E-state index in [0.717, 1.165) is 11.3 Å². The van der Waals surface area contributed by atoms with Crippen LogP contribution in [0.25, 0.3) is 11.0 Å². The number of halogens is 2. The van der Waals surface area contributed by atoms with Crippen LogP contribution in [0.2, 0.25) is 0 Å². The number of imidazole rings is 1. The molecule has 3 nitrogen and oxygen atoms in total. The van der Waals surface area contributed by atoms with E-state index in [1.165, 1.54) is 12.1 Å². The summed E-state index contributed by atoms with van der Waals surface area (Å²) in [5, 5.41) is 0. The Labute approximate surface area is 125 Å². The highest BCUT2D eigenvalue weighted by Crippen LogP contribution is 2.33. The molecule has 0 fully saturated rings. The third-order valence-electron chi connectivity index (χ3n) is 2.97. The number of benzene rings is 1. The van der Waals surface area contributed by atoms with E-state index in [9.17, 15) is 4.39 Å². The molecule has 20 heavy (non-hydrogen) atoms. The Kier molecular flexibility index (Phi) is 4.94. The van der Waals surface area contributed by atoms with Crippen molar-refractivity contribution in [1.29, 1.82) is 0 Å². The Bertz CT molecular complexity index is 595. The fourth-order valence-electron chi connectivity index (χ4n) is 1.86. The van der Waals surface area contributed by atoms with Gasteiger partial charge < -0.3 is 9.30 Å². The summed E-state index contributed by atoms with van der Waals surface area (Å²) in [4.78, 5) is 4.34. The number of aromatic nitrogens is 2. The molecule has 1 aromatic carbocycles. The zero-order chi connectivity index (χ0) is 14.8. The average Bonchev–Trinajstić information content (AvgIpc) is 2.70. The Hall–Kier alpha value is -0.780. The van der Waals surface area contributed by atoms with Crippen LogP contribution in [0.1, 0.15) is 5.82 Å². The van der Waals surface area contributed by atoms with Gasteiger partial charge in [-0.2, -0.15) is 0 Å². The third kappa shape index (κ3) is 3.87. The van der Waals surface area contributed by atoms with Gasteiger partial charge in [0.25, 0.3) is 0 Å². The Morgan fingerprint density at radius 3 is 2.75 bits per heavy atom. The molecule has 0 unspecified atom stereocenters. The molecule has 0 bridgehead atoms. The molecule has 1 aromatic heterocycles. The number of ether oxygens (including phenoxy) is 1. The van der Waals surface area contributed by atoms with Crippen molar-refractivity contribution < 1.29 is 9.13 Å². The predicted octanol–water partition coefficient (Wildman–Crippen LogP) is 3.58. The van der Waals surface area contributed by atoms with E-state index in [1.54, 1.807) is 6.07 Å². The fourth-order valence-corrected chi connectivity index (χ4v) is 2.69. The first-order valence-corrected chi connectivity index (χ1v) is 9.91. The largest absolute Gasteiger partial charge is 0.360 e. The van der Waals surface area contributed by atoms with Crippen LogP contribution in [0, 0.1) is 5.82 Å². The Morgan fingerprint density at radius 2 is 2.10 bits per heavy atom. The molecule has 0 amide bonds. The SMILES string of the molecule is CS(C)(C)CCOCn1c(CCl)nc2cc(F)ccc21. The lowest BCUT2D eigenvalue weighted by molar-refractivity contribution is 0.0908. The minimum absolute atomic E-state index is 0.282. The van der Waals surface area contributed by atoms with Gasteiger partial charge in [0, 0.05) is 11.8 Å². The molecular formula is C14H20ClFN2OS. The molecule has 0 atom stereocenters. The number of fused-ring (bicyclic) bond motifs is 1. The van der Waals surface area contributed by atoms with E-state index in [1.807, 2.05) is 4.57 Å². The first-order valence-electron chi connectivity index (χ1n) is 6.35. The van der Waals surface area contributed by atoms with Crippen LogP contribution in [-0.4, -0.2) is 40.7 Å². The first-order chi connectivity index (χ1) is 9.40. The van der Waals surface area contributed by atoms with Gasteiger partial charge in [0.15, 0.2) is 0 Å². The molecule has 0 aliphatic carbocycles. The summed E-state index contributed by atoms with van der Waals surface area (Å²) in [6, 6.07) is 4.56. The van der Waals surface area contributed by atoms with Crippen molar-refractivity contribution in [2.75, 3.05) is 31.1 Å². The van der Waals surface area contributed by atoms with Crippen LogP contribution in [0.5, 0.6) is 0 Å². The van der Waals surface area contributed by atoms with Crippen molar-refractivity contribution >= 4 is 32.7 Å². The summed E-state index contributed by atoms with van der Waals surface area (Å²) in [7, 11) is -0.555. The molecule has 0 spiro atoms. The molecule has 112 valence electrons. The summed E-state index contributed by atoms with van der Waals surface area (Å²) >= 11 is 5.90.